The molecule has 1 heterocycles. The van der Waals surface area contributed by atoms with Gasteiger partial charge >= 0.3 is 0 Å². The van der Waals surface area contributed by atoms with Crippen molar-refractivity contribution in [3.8, 4) is 0 Å². The summed E-state index contributed by atoms with van der Waals surface area (Å²) >= 11 is 0. The van der Waals surface area contributed by atoms with Crippen LogP contribution in [0.5, 0.6) is 0 Å². The van der Waals surface area contributed by atoms with Crippen LogP contribution in [-0.2, 0) is 9.47 Å². The molecule has 2 unspecified atom stereocenters. The molecule has 0 spiro atoms. The first kappa shape index (κ1) is 14.5. The van der Waals surface area contributed by atoms with E-state index in [0.29, 0.717) is 6.04 Å². The molecule has 1 aromatic carbocycles. The van der Waals surface area contributed by atoms with Gasteiger partial charge in [-0.05, 0) is 19.0 Å². The fraction of sp³-hybridized carbons (Fsp3) is 0.625. The van der Waals surface area contributed by atoms with E-state index in [2.05, 4.69) is 49.2 Å². The molecule has 0 amide bonds. The predicted molar refractivity (Wildman–Crippen MR) is 77.0 cm³/mol. The van der Waals surface area contributed by atoms with Crippen molar-refractivity contribution in [1.29, 1.82) is 0 Å². The van der Waals surface area contributed by atoms with E-state index in [1.54, 1.807) is 0 Å². The van der Waals surface area contributed by atoms with Crippen molar-refractivity contribution in [3.63, 3.8) is 0 Å². The smallest absolute Gasteiger partial charge is 0.159 e. The molecule has 0 bridgehead atoms. The van der Waals surface area contributed by atoms with Crippen LogP contribution in [0.2, 0.25) is 0 Å². The monoisotopic (exact) mass is 263 g/mol. The zero-order chi connectivity index (χ0) is 13.5. The van der Waals surface area contributed by atoms with Crippen molar-refractivity contribution in [2.24, 2.45) is 0 Å². The molecule has 3 nitrogen and oxygen atoms in total. The normalized spacial score (nSPS) is 25.2. The Morgan fingerprint density at radius 1 is 1.32 bits per heavy atom. The van der Waals surface area contributed by atoms with E-state index in [1.807, 2.05) is 0 Å². The summed E-state index contributed by atoms with van der Waals surface area (Å²) in [5, 5.41) is 0. The quantitative estimate of drug-likeness (QED) is 0.761. The van der Waals surface area contributed by atoms with Crippen molar-refractivity contribution in [3.05, 3.63) is 35.9 Å². The molecule has 0 aliphatic carbocycles. The Kier molecular flexibility index (Phi) is 5.83. The molecule has 1 aliphatic rings. The van der Waals surface area contributed by atoms with E-state index in [1.165, 1.54) is 5.56 Å². The molecule has 3 heteroatoms. The zero-order valence-corrected chi connectivity index (χ0v) is 12.0. The van der Waals surface area contributed by atoms with Gasteiger partial charge in [0.1, 0.15) is 0 Å². The lowest BCUT2D eigenvalue weighted by molar-refractivity contribution is -0.140. The SMILES string of the molecule is CCCCOC1CC(c2ccccc2)N(C)CCO1. The molecular weight excluding hydrogens is 238 g/mol. The van der Waals surface area contributed by atoms with Crippen LogP contribution in [0, 0.1) is 0 Å². The second kappa shape index (κ2) is 7.63. The summed E-state index contributed by atoms with van der Waals surface area (Å²) in [7, 11) is 2.16. The maximum Gasteiger partial charge on any atom is 0.159 e. The molecule has 1 aromatic rings. The Labute approximate surface area is 116 Å². The molecule has 1 saturated heterocycles. The van der Waals surface area contributed by atoms with E-state index in [9.17, 15) is 0 Å². The van der Waals surface area contributed by atoms with Gasteiger partial charge in [-0.3, -0.25) is 4.90 Å². The second-order valence-corrected chi connectivity index (χ2v) is 5.17. The first-order valence-corrected chi connectivity index (χ1v) is 7.29. The summed E-state index contributed by atoms with van der Waals surface area (Å²) in [6.07, 6.45) is 3.10. The molecule has 19 heavy (non-hydrogen) atoms. The predicted octanol–water partition coefficient (Wildman–Crippen LogP) is 3.22. The molecule has 0 saturated carbocycles. The van der Waals surface area contributed by atoms with E-state index in [-0.39, 0.29) is 6.29 Å². The van der Waals surface area contributed by atoms with E-state index < -0.39 is 0 Å². The largest absolute Gasteiger partial charge is 0.353 e. The third-order valence-electron chi connectivity index (χ3n) is 3.68. The van der Waals surface area contributed by atoms with Crippen molar-refractivity contribution in [1.82, 2.24) is 4.90 Å². The Morgan fingerprint density at radius 3 is 2.84 bits per heavy atom. The number of rotatable bonds is 5. The van der Waals surface area contributed by atoms with E-state index >= 15 is 0 Å². The van der Waals surface area contributed by atoms with Gasteiger partial charge in [0, 0.05) is 25.6 Å². The van der Waals surface area contributed by atoms with Gasteiger partial charge in [-0.2, -0.15) is 0 Å². The summed E-state index contributed by atoms with van der Waals surface area (Å²) in [6.45, 7) is 4.67. The molecule has 2 atom stereocenters. The number of hydrogen-bond donors (Lipinski definition) is 0. The van der Waals surface area contributed by atoms with Crippen LogP contribution >= 0.6 is 0 Å². The van der Waals surface area contributed by atoms with Gasteiger partial charge in [0.25, 0.3) is 0 Å². The first-order valence-electron chi connectivity index (χ1n) is 7.29. The lowest BCUT2D eigenvalue weighted by Gasteiger charge is -2.26. The minimum Gasteiger partial charge on any atom is -0.353 e. The Bertz CT molecular complexity index is 355. The Morgan fingerprint density at radius 2 is 2.11 bits per heavy atom. The average molecular weight is 263 g/mol. The summed E-state index contributed by atoms with van der Waals surface area (Å²) < 4.78 is 11.7. The summed E-state index contributed by atoms with van der Waals surface area (Å²) in [6, 6.07) is 11.0. The first-order chi connectivity index (χ1) is 9.31. The number of hydrogen-bond acceptors (Lipinski definition) is 3. The van der Waals surface area contributed by atoms with Crippen molar-refractivity contribution >= 4 is 0 Å². The van der Waals surface area contributed by atoms with Crippen LogP contribution in [0.4, 0.5) is 0 Å². The van der Waals surface area contributed by atoms with Gasteiger partial charge in [0.15, 0.2) is 6.29 Å². The molecular formula is C16H25NO2. The van der Waals surface area contributed by atoms with Gasteiger partial charge in [-0.1, -0.05) is 43.7 Å². The van der Waals surface area contributed by atoms with Crippen LogP contribution in [-0.4, -0.2) is 38.0 Å². The lowest BCUT2D eigenvalue weighted by atomic mass is 10.0. The maximum atomic E-state index is 5.85. The maximum absolute atomic E-state index is 5.85. The van der Waals surface area contributed by atoms with Gasteiger partial charge < -0.3 is 9.47 Å². The summed E-state index contributed by atoms with van der Waals surface area (Å²) in [4.78, 5) is 2.36. The van der Waals surface area contributed by atoms with Crippen molar-refractivity contribution < 1.29 is 9.47 Å². The summed E-state index contributed by atoms with van der Waals surface area (Å²) in [5.74, 6) is 0. The van der Waals surface area contributed by atoms with Crippen LogP contribution in [0.25, 0.3) is 0 Å². The van der Waals surface area contributed by atoms with Crippen LogP contribution in [0.1, 0.15) is 37.8 Å². The second-order valence-electron chi connectivity index (χ2n) is 5.17. The van der Waals surface area contributed by atoms with Crippen LogP contribution < -0.4 is 0 Å². The number of likely N-dealkylation sites (N-methyl/N-ethyl adjacent to an activating group) is 1. The van der Waals surface area contributed by atoms with Gasteiger partial charge in [0.2, 0.25) is 0 Å². The Hall–Kier alpha value is -0.900. The van der Waals surface area contributed by atoms with Crippen molar-refractivity contribution in [2.75, 3.05) is 26.8 Å². The minimum atomic E-state index is -0.0679. The zero-order valence-electron chi connectivity index (χ0n) is 12.0. The highest BCUT2D eigenvalue weighted by atomic mass is 16.7. The lowest BCUT2D eigenvalue weighted by Crippen LogP contribution is -2.26. The van der Waals surface area contributed by atoms with Gasteiger partial charge in [0.05, 0.1) is 6.61 Å². The highest BCUT2D eigenvalue weighted by Crippen LogP contribution is 2.28. The number of unbranched alkanes of at least 4 members (excludes halogenated alkanes) is 1. The third-order valence-corrected chi connectivity index (χ3v) is 3.68. The molecule has 1 aliphatic heterocycles. The van der Waals surface area contributed by atoms with Crippen LogP contribution in [0.15, 0.2) is 30.3 Å². The standard InChI is InChI=1S/C16H25NO2/c1-3-4-11-18-16-13-15(17(2)10-12-19-16)14-8-6-5-7-9-14/h5-9,15-16H,3-4,10-13H2,1-2H3. The molecule has 106 valence electrons. The van der Waals surface area contributed by atoms with Crippen molar-refractivity contribution in [2.45, 2.75) is 38.5 Å². The van der Waals surface area contributed by atoms with E-state index in [0.717, 1.165) is 39.0 Å². The number of benzene rings is 1. The Balaban J connectivity index is 1.99. The molecule has 0 radical (unpaired) electrons. The highest BCUT2D eigenvalue weighted by molar-refractivity contribution is 5.19. The fourth-order valence-electron chi connectivity index (χ4n) is 2.46. The highest BCUT2D eigenvalue weighted by Gasteiger charge is 2.25. The number of ether oxygens (including phenoxy) is 2. The molecule has 2 rings (SSSR count). The van der Waals surface area contributed by atoms with E-state index in [4.69, 9.17) is 9.47 Å². The van der Waals surface area contributed by atoms with Gasteiger partial charge in [-0.25, -0.2) is 0 Å². The average Bonchev–Trinajstić information content (AvgIpc) is 2.62. The third kappa shape index (κ3) is 4.30. The fourth-order valence-corrected chi connectivity index (χ4v) is 2.46. The molecule has 1 fully saturated rings. The topological polar surface area (TPSA) is 21.7 Å². The van der Waals surface area contributed by atoms with Crippen LogP contribution in [0.3, 0.4) is 0 Å². The van der Waals surface area contributed by atoms with Gasteiger partial charge in [-0.15, -0.1) is 0 Å². The summed E-state index contributed by atoms with van der Waals surface area (Å²) in [5.41, 5.74) is 1.35. The molecule has 0 N–H and O–H groups in total. The minimum absolute atomic E-state index is 0.0679. The molecule has 0 aromatic heterocycles. The number of nitrogens with zero attached hydrogens (tertiary/aromatic N) is 1.